The van der Waals surface area contributed by atoms with Crippen molar-refractivity contribution in [3.05, 3.63) is 89.4 Å². The van der Waals surface area contributed by atoms with Crippen molar-refractivity contribution >= 4 is 12.0 Å². The van der Waals surface area contributed by atoms with Crippen molar-refractivity contribution in [3.63, 3.8) is 0 Å². The third kappa shape index (κ3) is 7.25. The Morgan fingerprint density at radius 1 is 1.04 bits per heavy atom. The summed E-state index contributed by atoms with van der Waals surface area (Å²) in [6.07, 6.45) is 4.35. The van der Waals surface area contributed by atoms with E-state index >= 15 is 0 Å². The smallest absolute Gasteiger partial charge is 0.408 e. The number of carbonyl (C=O) groups is 2. The molecular weight excluding hydrogens is 576 g/mol. The maximum absolute atomic E-state index is 13.7. The molecule has 4 heterocycles. The molecule has 2 amide bonds. The number of alkyl carbamates (subject to hydrolysis) is 1. The summed E-state index contributed by atoms with van der Waals surface area (Å²) in [5, 5.41) is 15.8. The average Bonchev–Trinajstić information content (AvgIpc) is 3.76. The van der Waals surface area contributed by atoms with Crippen molar-refractivity contribution in [3.8, 4) is 23.2 Å². The molecule has 1 unspecified atom stereocenters. The summed E-state index contributed by atoms with van der Waals surface area (Å²) in [6, 6.07) is 12.8. The van der Waals surface area contributed by atoms with Gasteiger partial charge in [-0.25, -0.2) is 14.8 Å². The van der Waals surface area contributed by atoms with Gasteiger partial charge in [0.15, 0.2) is 0 Å². The van der Waals surface area contributed by atoms with Crippen LogP contribution in [0.15, 0.2) is 70.0 Å². The predicted molar refractivity (Wildman–Crippen MR) is 164 cm³/mol. The van der Waals surface area contributed by atoms with E-state index in [2.05, 4.69) is 30.6 Å². The monoisotopic (exact) mass is 612 g/mol. The molecule has 45 heavy (non-hydrogen) atoms. The first-order chi connectivity index (χ1) is 21.3. The second-order valence-corrected chi connectivity index (χ2v) is 12.0. The van der Waals surface area contributed by atoms with E-state index in [0.717, 1.165) is 16.8 Å². The number of oxazole rings is 1. The fourth-order valence-corrected chi connectivity index (χ4v) is 4.73. The van der Waals surface area contributed by atoms with Crippen LogP contribution in [-0.2, 0) is 30.3 Å². The molecule has 4 aromatic heterocycles. The van der Waals surface area contributed by atoms with E-state index in [0.29, 0.717) is 24.2 Å². The largest absolute Gasteiger partial charge is 0.444 e. The van der Waals surface area contributed by atoms with E-state index < -0.39 is 17.2 Å². The van der Waals surface area contributed by atoms with Crippen LogP contribution in [0.2, 0.25) is 0 Å². The third-order valence-electron chi connectivity index (χ3n) is 7.11. The highest BCUT2D eigenvalue weighted by Crippen LogP contribution is 2.30. The van der Waals surface area contributed by atoms with E-state index in [1.165, 1.54) is 12.5 Å². The number of aromatic nitrogens is 6. The van der Waals surface area contributed by atoms with Crippen LogP contribution in [0.25, 0.3) is 23.2 Å². The molecule has 1 atom stereocenters. The topological polar surface area (TPSA) is 154 Å². The van der Waals surface area contributed by atoms with Crippen LogP contribution in [0, 0.1) is 6.92 Å². The van der Waals surface area contributed by atoms with Gasteiger partial charge in [0.2, 0.25) is 11.8 Å². The Morgan fingerprint density at radius 2 is 1.76 bits per heavy atom. The van der Waals surface area contributed by atoms with Crippen LogP contribution in [0.1, 0.15) is 60.8 Å². The van der Waals surface area contributed by atoms with Crippen molar-refractivity contribution in [2.45, 2.75) is 58.7 Å². The standard InChI is InChI=1S/C32H36N8O5/c1-20-23(18-34-40(20)7)19-39(6)28(41)22-15-24(26-33-13-14-43-26)35-25(16-22)27-37-38-29(44-27)32(5,17-21-11-9-8-10-12-21)36-30(42)45-31(2,3)4/h8-16,18H,17,19H2,1-7H3,(H,36,42). The molecule has 0 aliphatic heterocycles. The molecule has 0 radical (unpaired) electrons. The average molecular weight is 613 g/mol. The van der Waals surface area contributed by atoms with E-state index in [9.17, 15) is 9.59 Å². The summed E-state index contributed by atoms with van der Waals surface area (Å²) in [4.78, 5) is 37.0. The molecule has 5 rings (SSSR count). The minimum Gasteiger partial charge on any atom is -0.444 e. The fourth-order valence-electron chi connectivity index (χ4n) is 4.73. The van der Waals surface area contributed by atoms with Crippen molar-refractivity contribution < 1.29 is 23.2 Å². The number of rotatable bonds is 9. The Bertz CT molecular complexity index is 1790. The van der Waals surface area contributed by atoms with Gasteiger partial charge in [0.1, 0.15) is 28.8 Å². The summed E-state index contributed by atoms with van der Waals surface area (Å²) in [7, 11) is 3.56. The Balaban J connectivity index is 1.50. The first-order valence-electron chi connectivity index (χ1n) is 14.4. The maximum Gasteiger partial charge on any atom is 0.408 e. The van der Waals surface area contributed by atoms with Gasteiger partial charge in [-0.2, -0.15) is 5.10 Å². The van der Waals surface area contributed by atoms with Crippen LogP contribution < -0.4 is 5.32 Å². The van der Waals surface area contributed by atoms with Gasteiger partial charge in [-0.1, -0.05) is 30.3 Å². The lowest BCUT2D eigenvalue weighted by atomic mass is 9.92. The van der Waals surface area contributed by atoms with Crippen molar-refractivity contribution in [1.29, 1.82) is 0 Å². The summed E-state index contributed by atoms with van der Waals surface area (Å²) in [5.41, 5.74) is 1.82. The number of amides is 2. The van der Waals surface area contributed by atoms with Crippen LogP contribution in [0.3, 0.4) is 0 Å². The highest BCUT2D eigenvalue weighted by molar-refractivity contribution is 5.95. The van der Waals surface area contributed by atoms with Crippen LogP contribution in [0.5, 0.6) is 0 Å². The zero-order valence-electron chi connectivity index (χ0n) is 26.4. The number of ether oxygens (including phenoxy) is 1. The van der Waals surface area contributed by atoms with Gasteiger partial charge in [-0.15, -0.1) is 10.2 Å². The number of hydrogen-bond acceptors (Lipinski definition) is 10. The number of hydrogen-bond donors (Lipinski definition) is 1. The number of pyridine rings is 1. The van der Waals surface area contributed by atoms with Crippen molar-refractivity contribution in [1.82, 2.24) is 40.2 Å². The summed E-state index contributed by atoms with van der Waals surface area (Å²) in [5.74, 6) is 0.128. The molecule has 1 aromatic carbocycles. The van der Waals surface area contributed by atoms with Gasteiger partial charge in [-0.3, -0.25) is 9.48 Å². The first kappa shape index (κ1) is 31.1. The molecule has 0 spiro atoms. The van der Waals surface area contributed by atoms with E-state index in [1.54, 1.807) is 62.7 Å². The number of carbonyl (C=O) groups excluding carboxylic acids is 2. The minimum atomic E-state index is -1.14. The normalized spacial score (nSPS) is 12.9. The molecule has 0 fully saturated rings. The van der Waals surface area contributed by atoms with E-state index in [-0.39, 0.29) is 29.3 Å². The van der Waals surface area contributed by atoms with Crippen molar-refractivity contribution in [2.24, 2.45) is 7.05 Å². The molecule has 0 aliphatic rings. The lowest BCUT2D eigenvalue weighted by Gasteiger charge is -2.29. The SMILES string of the molecule is Cc1c(CN(C)C(=O)c2cc(-c3ncco3)nc(-c3nnc(C(C)(Cc4ccccc4)NC(=O)OC(C)(C)C)o3)c2)cnn1C. The molecule has 234 valence electrons. The van der Waals surface area contributed by atoms with Gasteiger partial charge >= 0.3 is 6.09 Å². The fraction of sp³-hybridized carbons (Fsp3) is 0.344. The summed E-state index contributed by atoms with van der Waals surface area (Å²) < 4.78 is 19.0. The Morgan fingerprint density at radius 3 is 2.38 bits per heavy atom. The second-order valence-electron chi connectivity index (χ2n) is 12.0. The quantitative estimate of drug-likeness (QED) is 0.238. The predicted octanol–water partition coefficient (Wildman–Crippen LogP) is 5.08. The van der Waals surface area contributed by atoms with Gasteiger partial charge in [0.25, 0.3) is 11.8 Å². The molecule has 13 nitrogen and oxygen atoms in total. The van der Waals surface area contributed by atoms with Crippen molar-refractivity contribution in [2.75, 3.05) is 7.05 Å². The molecule has 13 heteroatoms. The van der Waals surface area contributed by atoms with Crippen LogP contribution in [-0.4, -0.2) is 59.5 Å². The number of nitrogens with one attached hydrogen (secondary N) is 1. The molecule has 0 saturated carbocycles. The van der Waals surface area contributed by atoms with Gasteiger partial charge in [-0.05, 0) is 52.3 Å². The van der Waals surface area contributed by atoms with Gasteiger partial charge in [0, 0.05) is 43.9 Å². The highest BCUT2D eigenvalue weighted by Gasteiger charge is 2.37. The first-order valence-corrected chi connectivity index (χ1v) is 14.4. The number of benzene rings is 1. The van der Waals surface area contributed by atoms with Crippen LogP contribution >= 0.6 is 0 Å². The number of nitrogens with zero attached hydrogens (tertiary/aromatic N) is 7. The van der Waals surface area contributed by atoms with Gasteiger partial charge < -0.3 is 23.8 Å². The number of aryl methyl sites for hydroxylation is 1. The summed E-state index contributed by atoms with van der Waals surface area (Å²) >= 11 is 0. The minimum absolute atomic E-state index is 0.0449. The Kier molecular flexibility index (Phi) is 8.53. The highest BCUT2D eigenvalue weighted by atomic mass is 16.6. The van der Waals surface area contributed by atoms with E-state index in [4.69, 9.17) is 13.6 Å². The Hall–Kier alpha value is -5.33. The zero-order valence-corrected chi connectivity index (χ0v) is 26.4. The lowest BCUT2D eigenvalue weighted by molar-refractivity contribution is 0.0443. The van der Waals surface area contributed by atoms with E-state index in [1.807, 2.05) is 44.3 Å². The van der Waals surface area contributed by atoms with Crippen LogP contribution in [0.4, 0.5) is 4.79 Å². The zero-order chi connectivity index (χ0) is 32.4. The lowest BCUT2D eigenvalue weighted by Crippen LogP contribution is -2.47. The molecule has 0 saturated heterocycles. The maximum atomic E-state index is 13.7. The second kappa shape index (κ2) is 12.3. The molecular formula is C32H36N8O5. The van der Waals surface area contributed by atoms with Gasteiger partial charge in [0.05, 0.1) is 12.4 Å². The summed E-state index contributed by atoms with van der Waals surface area (Å²) in [6.45, 7) is 9.43. The molecule has 1 N–H and O–H groups in total. The molecule has 0 aliphatic carbocycles. The Labute approximate surface area is 260 Å². The third-order valence-corrected chi connectivity index (χ3v) is 7.11. The molecule has 5 aromatic rings. The molecule has 0 bridgehead atoms.